The Balaban J connectivity index is 0. The van der Waals surface area contributed by atoms with Gasteiger partial charge in [-0.05, 0) is 62.5 Å². The monoisotopic (exact) mass is 521 g/mol. The zero-order chi connectivity index (χ0) is 29.5. The molecule has 1 aliphatic rings. The number of unbranched alkanes of at least 4 members (excludes halogenated alkanes) is 1. The molecule has 0 aromatic heterocycles. The molecule has 0 aromatic carbocycles. The van der Waals surface area contributed by atoms with Crippen LogP contribution in [0.15, 0.2) is 99.6 Å². The minimum absolute atomic E-state index is 0.209. The SMILES string of the molecule is C=CC(/C(/C=C1\C(=C)NOC\C1=C(C)/N=C(N)\C=C(\C)NCC#N)=C\CC)=C(C)\C=C/CCC.CC.CC. The van der Waals surface area contributed by atoms with Crippen LogP contribution in [0.1, 0.15) is 81.6 Å². The van der Waals surface area contributed by atoms with Gasteiger partial charge in [0.25, 0.3) is 0 Å². The van der Waals surface area contributed by atoms with Crippen LogP contribution in [0.25, 0.3) is 0 Å². The van der Waals surface area contributed by atoms with E-state index in [1.54, 1.807) is 6.08 Å². The minimum Gasteiger partial charge on any atom is -0.384 e. The average molecular weight is 522 g/mol. The fraction of sp³-hybridized carbons (Fsp3) is 0.438. The molecule has 0 atom stereocenters. The molecule has 1 fully saturated rings. The molecular formula is C32H51N5O. The quantitative estimate of drug-likeness (QED) is 0.111. The first-order valence-corrected chi connectivity index (χ1v) is 13.6. The van der Waals surface area contributed by atoms with E-state index in [-0.39, 0.29) is 6.54 Å². The number of nitriles is 1. The van der Waals surface area contributed by atoms with Gasteiger partial charge in [0.15, 0.2) is 0 Å². The Kier molecular flexibility index (Phi) is 21.8. The zero-order valence-electron chi connectivity index (χ0n) is 25.3. The van der Waals surface area contributed by atoms with Crippen molar-refractivity contribution in [1.82, 2.24) is 10.8 Å². The van der Waals surface area contributed by atoms with E-state index in [1.807, 2.05) is 53.7 Å². The third kappa shape index (κ3) is 13.7. The van der Waals surface area contributed by atoms with Crippen LogP contribution in [-0.2, 0) is 4.84 Å². The molecule has 38 heavy (non-hydrogen) atoms. The van der Waals surface area contributed by atoms with Crippen LogP contribution in [0.2, 0.25) is 0 Å². The summed E-state index contributed by atoms with van der Waals surface area (Å²) in [5, 5.41) is 11.7. The summed E-state index contributed by atoms with van der Waals surface area (Å²) in [5.74, 6) is 0.337. The van der Waals surface area contributed by atoms with Crippen LogP contribution in [0.5, 0.6) is 0 Å². The van der Waals surface area contributed by atoms with Gasteiger partial charge in [0.2, 0.25) is 0 Å². The van der Waals surface area contributed by atoms with Crippen molar-refractivity contribution >= 4 is 5.84 Å². The lowest BCUT2D eigenvalue weighted by Crippen LogP contribution is -2.25. The van der Waals surface area contributed by atoms with Gasteiger partial charge >= 0.3 is 0 Å². The van der Waals surface area contributed by atoms with Gasteiger partial charge < -0.3 is 11.1 Å². The van der Waals surface area contributed by atoms with Gasteiger partial charge in [0.05, 0.1) is 11.8 Å². The van der Waals surface area contributed by atoms with Gasteiger partial charge in [-0.1, -0.05) is 85.4 Å². The van der Waals surface area contributed by atoms with Crippen LogP contribution in [0.3, 0.4) is 0 Å². The van der Waals surface area contributed by atoms with E-state index >= 15 is 0 Å². The molecule has 0 saturated carbocycles. The van der Waals surface area contributed by atoms with Crippen molar-refractivity contribution < 1.29 is 4.84 Å². The van der Waals surface area contributed by atoms with E-state index < -0.39 is 0 Å². The van der Waals surface area contributed by atoms with Crippen molar-refractivity contribution in [3.05, 3.63) is 94.6 Å². The number of aliphatic imine (C=N–C) groups is 1. The molecule has 1 rings (SSSR count). The Bertz CT molecular complexity index is 1010. The second-order valence-corrected chi connectivity index (χ2v) is 7.93. The Morgan fingerprint density at radius 2 is 1.87 bits per heavy atom. The van der Waals surface area contributed by atoms with Gasteiger partial charge in [-0.25, -0.2) is 4.99 Å². The van der Waals surface area contributed by atoms with Crippen molar-refractivity contribution in [1.29, 1.82) is 5.26 Å². The summed E-state index contributed by atoms with van der Waals surface area (Å²) in [6.45, 7) is 26.8. The summed E-state index contributed by atoms with van der Waals surface area (Å²) in [7, 11) is 0. The van der Waals surface area contributed by atoms with Crippen molar-refractivity contribution in [3.63, 3.8) is 0 Å². The number of nitrogens with two attached hydrogens (primary N) is 1. The summed E-state index contributed by atoms with van der Waals surface area (Å²) in [5.41, 5.74) is 16.3. The maximum Gasteiger partial charge on any atom is 0.125 e. The normalized spacial score (nSPS) is 17.3. The molecule has 6 nitrogen and oxygen atoms in total. The molecular weight excluding hydrogens is 470 g/mol. The van der Waals surface area contributed by atoms with Crippen LogP contribution >= 0.6 is 0 Å². The maximum atomic E-state index is 8.71. The van der Waals surface area contributed by atoms with Crippen LogP contribution < -0.4 is 16.5 Å². The smallest absolute Gasteiger partial charge is 0.125 e. The number of nitrogens with zero attached hydrogens (tertiary/aromatic N) is 2. The van der Waals surface area contributed by atoms with Crippen molar-refractivity contribution in [2.45, 2.75) is 81.6 Å². The Labute approximate surface area is 232 Å². The maximum absolute atomic E-state index is 8.71. The number of hydrogen-bond donors (Lipinski definition) is 3. The summed E-state index contributed by atoms with van der Waals surface area (Å²) in [6.07, 6.45) is 15.3. The van der Waals surface area contributed by atoms with Gasteiger partial charge in [0, 0.05) is 22.5 Å². The molecule has 0 amide bonds. The highest BCUT2D eigenvalue weighted by molar-refractivity contribution is 5.92. The highest BCUT2D eigenvalue weighted by atomic mass is 16.6. The van der Waals surface area contributed by atoms with Crippen molar-refractivity contribution in [2.75, 3.05) is 13.2 Å². The first-order valence-electron chi connectivity index (χ1n) is 13.6. The molecule has 1 heterocycles. The number of allylic oxidation sites excluding steroid dienone is 11. The van der Waals surface area contributed by atoms with Crippen molar-refractivity contribution in [3.8, 4) is 6.07 Å². The predicted octanol–water partition coefficient (Wildman–Crippen LogP) is 7.86. The Hall–Kier alpha value is -3.56. The van der Waals surface area contributed by atoms with Gasteiger partial charge in [-0.3, -0.25) is 10.3 Å². The fourth-order valence-electron chi connectivity index (χ4n) is 3.37. The van der Waals surface area contributed by atoms with Gasteiger partial charge in [-0.15, -0.1) is 0 Å². The Morgan fingerprint density at radius 3 is 2.42 bits per heavy atom. The lowest BCUT2D eigenvalue weighted by Gasteiger charge is -2.24. The second-order valence-electron chi connectivity index (χ2n) is 7.93. The van der Waals surface area contributed by atoms with E-state index in [0.29, 0.717) is 18.1 Å². The molecule has 0 unspecified atom stereocenters. The molecule has 0 aliphatic carbocycles. The summed E-state index contributed by atoms with van der Waals surface area (Å²) in [6, 6.07) is 2.04. The summed E-state index contributed by atoms with van der Waals surface area (Å²) < 4.78 is 0. The number of nitrogens with one attached hydrogen (secondary N) is 2. The minimum atomic E-state index is 0.209. The molecule has 0 aromatic rings. The van der Waals surface area contributed by atoms with E-state index in [0.717, 1.165) is 58.5 Å². The average Bonchev–Trinajstić information content (AvgIpc) is 2.91. The summed E-state index contributed by atoms with van der Waals surface area (Å²) >= 11 is 0. The third-order valence-corrected chi connectivity index (χ3v) is 5.09. The highest BCUT2D eigenvalue weighted by Crippen LogP contribution is 2.29. The van der Waals surface area contributed by atoms with E-state index in [9.17, 15) is 0 Å². The zero-order valence-corrected chi connectivity index (χ0v) is 25.3. The highest BCUT2D eigenvalue weighted by Gasteiger charge is 2.19. The largest absolute Gasteiger partial charge is 0.384 e. The first kappa shape index (κ1) is 36.6. The molecule has 1 saturated heterocycles. The topological polar surface area (TPSA) is 95.5 Å². The standard InChI is InChI=1S/C28H39N5O.2C2H6/c1-8-11-12-14-20(4)25(10-3)24(13-9-2)18-26-23(7)33-34-19-27(26)22(6)32-28(30)17-21(5)31-16-15-29;2*1-2/h10,12-14,17-18,31,33H,3,7-9,11,16,19H2,1-2,4-6H3,(H2,30,32);2*1-2H3/b14-12-,21-17-,24-13-,25-20+,26-18+,27-22+;;. The summed E-state index contributed by atoms with van der Waals surface area (Å²) in [4.78, 5) is 10.1. The fourth-order valence-corrected chi connectivity index (χ4v) is 3.37. The molecule has 4 N–H and O–H groups in total. The van der Waals surface area contributed by atoms with E-state index in [4.69, 9.17) is 15.8 Å². The number of hydroxylamine groups is 1. The predicted molar refractivity (Wildman–Crippen MR) is 166 cm³/mol. The van der Waals surface area contributed by atoms with Crippen LogP contribution in [0, 0.1) is 11.3 Å². The van der Waals surface area contributed by atoms with E-state index in [2.05, 4.69) is 74.0 Å². The molecule has 6 heteroatoms. The van der Waals surface area contributed by atoms with Gasteiger partial charge in [-0.2, -0.15) is 5.26 Å². The molecule has 0 spiro atoms. The second kappa shape index (κ2) is 22.6. The third-order valence-electron chi connectivity index (χ3n) is 5.09. The number of rotatable bonds is 11. The Morgan fingerprint density at radius 1 is 1.21 bits per heavy atom. The van der Waals surface area contributed by atoms with Crippen LogP contribution in [0.4, 0.5) is 0 Å². The molecule has 1 aliphatic heterocycles. The molecule has 0 bridgehead atoms. The van der Waals surface area contributed by atoms with Gasteiger partial charge in [0.1, 0.15) is 19.0 Å². The lowest BCUT2D eigenvalue weighted by molar-refractivity contribution is 0.0730. The first-order chi connectivity index (χ1) is 18.3. The number of amidine groups is 1. The van der Waals surface area contributed by atoms with Crippen LogP contribution in [-0.4, -0.2) is 19.0 Å². The number of hydrogen-bond acceptors (Lipinski definition) is 5. The van der Waals surface area contributed by atoms with Crippen molar-refractivity contribution in [2.24, 2.45) is 10.7 Å². The van der Waals surface area contributed by atoms with E-state index in [1.165, 1.54) is 0 Å². The molecule has 210 valence electrons. The molecule has 0 radical (unpaired) electrons. The lowest BCUT2D eigenvalue weighted by atomic mass is 9.93.